The highest BCUT2D eigenvalue weighted by molar-refractivity contribution is 6.07. The second kappa shape index (κ2) is 6.16. The zero-order chi connectivity index (χ0) is 16.5. The van der Waals surface area contributed by atoms with Gasteiger partial charge in [-0.2, -0.15) is 0 Å². The topological polar surface area (TPSA) is 72.9 Å². The number of aliphatic hydroxyl groups is 1. The third-order valence-corrected chi connectivity index (χ3v) is 4.91. The van der Waals surface area contributed by atoms with Crippen LogP contribution >= 0.6 is 0 Å². The Bertz CT molecular complexity index is 432. The van der Waals surface area contributed by atoms with Gasteiger partial charge in [-0.3, -0.25) is 14.5 Å². The molecule has 0 aromatic heterocycles. The van der Waals surface area contributed by atoms with E-state index >= 15 is 0 Å². The number of nitrogens with zero attached hydrogens (tertiary/aromatic N) is 2. The highest BCUT2D eigenvalue weighted by Crippen LogP contribution is 2.47. The fourth-order valence-electron chi connectivity index (χ4n) is 2.86. The molecule has 6 nitrogen and oxygen atoms in total. The first-order valence-corrected chi connectivity index (χ1v) is 8.13. The summed E-state index contributed by atoms with van der Waals surface area (Å²) < 4.78 is 0. The van der Waals surface area contributed by atoms with Crippen molar-refractivity contribution in [3.05, 3.63) is 0 Å². The minimum atomic E-state index is -0.790. The van der Waals surface area contributed by atoms with Gasteiger partial charge in [0.05, 0.1) is 6.10 Å². The van der Waals surface area contributed by atoms with Crippen molar-refractivity contribution < 1.29 is 14.7 Å². The van der Waals surface area contributed by atoms with Crippen LogP contribution in [0.4, 0.5) is 0 Å². The number of piperazine rings is 1. The van der Waals surface area contributed by atoms with Crippen LogP contribution in [0, 0.1) is 10.8 Å². The lowest BCUT2D eigenvalue weighted by Crippen LogP contribution is -2.54. The van der Waals surface area contributed by atoms with Crippen LogP contribution in [-0.4, -0.2) is 72.6 Å². The lowest BCUT2D eigenvalue weighted by molar-refractivity contribution is -0.145. The average molecular weight is 311 g/mol. The number of amides is 2. The van der Waals surface area contributed by atoms with Crippen LogP contribution in [0.3, 0.4) is 0 Å². The van der Waals surface area contributed by atoms with Crippen molar-refractivity contribution in [2.24, 2.45) is 10.8 Å². The normalized spacial score (nSPS) is 23.0. The molecule has 0 bridgehead atoms. The largest absolute Gasteiger partial charge is 0.391 e. The molecule has 1 saturated heterocycles. The highest BCUT2D eigenvalue weighted by Gasteiger charge is 2.57. The number of rotatable bonds is 4. The van der Waals surface area contributed by atoms with Crippen LogP contribution in [0.1, 0.15) is 33.6 Å². The summed E-state index contributed by atoms with van der Waals surface area (Å²) in [6.07, 6.45) is 0.943. The third-order valence-electron chi connectivity index (χ3n) is 4.91. The van der Waals surface area contributed by atoms with Gasteiger partial charge in [0.25, 0.3) is 0 Å². The third kappa shape index (κ3) is 3.43. The molecule has 22 heavy (non-hydrogen) atoms. The van der Waals surface area contributed by atoms with Crippen LogP contribution in [-0.2, 0) is 9.59 Å². The summed E-state index contributed by atoms with van der Waals surface area (Å²) in [5.74, 6) is -0.175. The van der Waals surface area contributed by atoms with Crippen LogP contribution in [0.15, 0.2) is 0 Å². The Hall–Kier alpha value is -1.14. The summed E-state index contributed by atoms with van der Waals surface area (Å²) >= 11 is 0. The standard InChI is InChI=1S/C16H29N3O3/c1-15(2,3)12(20)11-18-7-9-19(10-8-18)14(22)16(5-6-16)13(21)17-4/h12,20H,5-11H2,1-4H3,(H,17,21). The number of carbonyl (C=O) groups is 2. The van der Waals surface area contributed by atoms with E-state index in [1.165, 1.54) is 0 Å². The molecule has 0 spiro atoms. The SMILES string of the molecule is CNC(=O)C1(C(=O)N2CCN(CC(O)C(C)(C)C)CC2)CC1. The fourth-order valence-corrected chi connectivity index (χ4v) is 2.86. The Morgan fingerprint density at radius 3 is 2.14 bits per heavy atom. The lowest BCUT2D eigenvalue weighted by Gasteiger charge is -2.38. The minimum absolute atomic E-state index is 0.0251. The zero-order valence-corrected chi connectivity index (χ0v) is 14.2. The van der Waals surface area contributed by atoms with E-state index in [0.29, 0.717) is 32.5 Å². The number of hydrogen-bond acceptors (Lipinski definition) is 4. The summed E-state index contributed by atoms with van der Waals surface area (Å²) in [5.41, 5.74) is -0.925. The van der Waals surface area contributed by atoms with E-state index in [9.17, 15) is 14.7 Å². The molecule has 1 heterocycles. The van der Waals surface area contributed by atoms with Gasteiger partial charge in [-0.1, -0.05) is 20.8 Å². The van der Waals surface area contributed by atoms with Gasteiger partial charge in [-0.05, 0) is 18.3 Å². The first kappa shape index (κ1) is 17.2. The van der Waals surface area contributed by atoms with E-state index in [0.717, 1.165) is 13.1 Å². The second-order valence-electron chi connectivity index (χ2n) is 7.64. The molecule has 0 aromatic rings. The van der Waals surface area contributed by atoms with Crippen molar-refractivity contribution in [1.82, 2.24) is 15.1 Å². The molecule has 1 aliphatic carbocycles. The van der Waals surface area contributed by atoms with Gasteiger partial charge in [-0.15, -0.1) is 0 Å². The number of nitrogens with one attached hydrogen (secondary N) is 1. The molecule has 2 fully saturated rings. The first-order chi connectivity index (χ1) is 10.2. The molecule has 6 heteroatoms. The Labute approximate surface area is 132 Å². The number of β-amino-alcohol motifs (C(OH)–C–C–N with tert-alkyl or cyclic N) is 1. The van der Waals surface area contributed by atoms with Crippen LogP contribution in [0.25, 0.3) is 0 Å². The number of hydrogen-bond donors (Lipinski definition) is 2. The van der Waals surface area contributed by atoms with Crippen molar-refractivity contribution in [3.8, 4) is 0 Å². The summed E-state index contributed by atoms with van der Waals surface area (Å²) in [7, 11) is 1.58. The van der Waals surface area contributed by atoms with Crippen LogP contribution in [0.2, 0.25) is 0 Å². The molecule has 126 valence electrons. The van der Waals surface area contributed by atoms with Crippen molar-refractivity contribution >= 4 is 11.8 Å². The summed E-state index contributed by atoms with van der Waals surface area (Å²) in [4.78, 5) is 28.5. The monoisotopic (exact) mass is 311 g/mol. The predicted octanol–water partition coefficient (Wildman–Crippen LogP) is 0.0638. The van der Waals surface area contributed by atoms with Gasteiger partial charge in [-0.25, -0.2) is 0 Å². The maximum Gasteiger partial charge on any atom is 0.238 e. The molecular formula is C16H29N3O3. The highest BCUT2D eigenvalue weighted by atomic mass is 16.3. The maximum atomic E-state index is 12.6. The van der Waals surface area contributed by atoms with E-state index in [-0.39, 0.29) is 23.3 Å². The first-order valence-electron chi connectivity index (χ1n) is 8.13. The van der Waals surface area contributed by atoms with Crippen molar-refractivity contribution in [3.63, 3.8) is 0 Å². The van der Waals surface area contributed by atoms with E-state index in [2.05, 4.69) is 10.2 Å². The molecule has 2 amide bonds. The molecule has 2 aliphatic rings. The second-order valence-corrected chi connectivity index (χ2v) is 7.64. The van der Waals surface area contributed by atoms with Crippen molar-refractivity contribution in [2.45, 2.75) is 39.7 Å². The van der Waals surface area contributed by atoms with Gasteiger partial charge >= 0.3 is 0 Å². The molecule has 2 rings (SSSR count). The molecule has 0 radical (unpaired) electrons. The molecular weight excluding hydrogens is 282 g/mol. The number of carbonyl (C=O) groups excluding carboxylic acids is 2. The van der Waals surface area contributed by atoms with E-state index in [1.807, 2.05) is 25.7 Å². The Morgan fingerprint density at radius 2 is 1.73 bits per heavy atom. The molecule has 2 N–H and O–H groups in total. The maximum absolute atomic E-state index is 12.6. The van der Waals surface area contributed by atoms with E-state index in [1.54, 1.807) is 7.05 Å². The van der Waals surface area contributed by atoms with E-state index in [4.69, 9.17) is 0 Å². The molecule has 1 saturated carbocycles. The quantitative estimate of drug-likeness (QED) is 0.720. The van der Waals surface area contributed by atoms with Crippen molar-refractivity contribution in [2.75, 3.05) is 39.8 Å². The Balaban J connectivity index is 1.85. The smallest absolute Gasteiger partial charge is 0.238 e. The van der Waals surface area contributed by atoms with Gasteiger partial charge in [0.15, 0.2) is 0 Å². The summed E-state index contributed by atoms with van der Waals surface area (Å²) in [5, 5.41) is 12.8. The summed E-state index contributed by atoms with van der Waals surface area (Å²) in [6, 6.07) is 0. The molecule has 1 atom stereocenters. The van der Waals surface area contributed by atoms with Gasteiger partial charge in [0.1, 0.15) is 5.41 Å². The van der Waals surface area contributed by atoms with Crippen molar-refractivity contribution in [1.29, 1.82) is 0 Å². The Morgan fingerprint density at radius 1 is 1.18 bits per heavy atom. The van der Waals surface area contributed by atoms with E-state index < -0.39 is 5.41 Å². The van der Waals surface area contributed by atoms with Gasteiger partial charge in [0.2, 0.25) is 11.8 Å². The Kier molecular flexibility index (Phi) is 4.82. The molecule has 1 unspecified atom stereocenters. The van der Waals surface area contributed by atoms with Crippen LogP contribution in [0.5, 0.6) is 0 Å². The molecule has 1 aliphatic heterocycles. The van der Waals surface area contributed by atoms with Gasteiger partial charge in [0, 0.05) is 39.8 Å². The van der Waals surface area contributed by atoms with Crippen LogP contribution < -0.4 is 5.32 Å². The van der Waals surface area contributed by atoms with Gasteiger partial charge < -0.3 is 15.3 Å². The zero-order valence-electron chi connectivity index (χ0n) is 14.2. The predicted molar refractivity (Wildman–Crippen MR) is 84.2 cm³/mol. The lowest BCUT2D eigenvalue weighted by atomic mass is 9.89. The minimum Gasteiger partial charge on any atom is -0.391 e. The average Bonchev–Trinajstić information content (AvgIpc) is 3.27. The molecule has 0 aromatic carbocycles. The summed E-state index contributed by atoms with van der Waals surface area (Å²) in [6.45, 7) is 9.48. The fraction of sp³-hybridized carbons (Fsp3) is 0.875. The number of aliphatic hydroxyl groups excluding tert-OH is 1.